The molecule has 0 aliphatic carbocycles. The number of halogens is 1. The number of nitrogens with zero attached hydrogens (tertiary/aromatic N) is 3. The number of aliphatic hydroxyl groups excluding tert-OH is 1. The van der Waals surface area contributed by atoms with Crippen LogP contribution in [-0.4, -0.2) is 29.3 Å². The topological polar surface area (TPSA) is 60.2 Å². The van der Waals surface area contributed by atoms with E-state index in [0.29, 0.717) is 22.3 Å². The molecule has 0 bridgehead atoms. The Morgan fingerprint density at radius 3 is 3.12 bits per heavy atom. The van der Waals surface area contributed by atoms with Gasteiger partial charge in [-0.1, -0.05) is 18.5 Å². The van der Waals surface area contributed by atoms with Crippen LogP contribution in [0.2, 0.25) is 5.02 Å². The number of anilines is 1. The predicted molar refractivity (Wildman–Crippen MR) is 66.0 cm³/mol. The molecule has 1 N–H and O–H groups in total. The number of hydrogen-bond acceptors (Lipinski definition) is 4. The van der Waals surface area contributed by atoms with E-state index in [1.165, 1.54) is 0 Å². The standard InChI is InChI=1S/C12H14ClN3O/c1-8-3-5-16(10(8)7-17)12-11(13)9(6-14)2-4-15-12/h2,4,8,10,17H,3,5,7H2,1H3. The zero-order valence-corrected chi connectivity index (χ0v) is 10.4. The van der Waals surface area contributed by atoms with E-state index in [0.717, 1.165) is 13.0 Å². The zero-order valence-electron chi connectivity index (χ0n) is 9.60. The molecule has 1 aliphatic heterocycles. The highest BCUT2D eigenvalue weighted by Crippen LogP contribution is 2.33. The first-order valence-electron chi connectivity index (χ1n) is 5.61. The minimum Gasteiger partial charge on any atom is -0.394 e. The molecule has 1 saturated heterocycles. The Morgan fingerprint density at radius 1 is 1.71 bits per heavy atom. The van der Waals surface area contributed by atoms with Crippen LogP contribution >= 0.6 is 11.6 Å². The molecule has 0 aromatic carbocycles. The minimum absolute atomic E-state index is 0.0361. The lowest BCUT2D eigenvalue weighted by Crippen LogP contribution is -2.36. The summed E-state index contributed by atoms with van der Waals surface area (Å²) in [7, 11) is 0. The van der Waals surface area contributed by atoms with Gasteiger partial charge in [-0.2, -0.15) is 5.26 Å². The predicted octanol–water partition coefficient (Wildman–Crippen LogP) is 1.81. The lowest BCUT2D eigenvalue weighted by Gasteiger charge is -2.27. The van der Waals surface area contributed by atoms with Gasteiger partial charge >= 0.3 is 0 Å². The highest BCUT2D eigenvalue weighted by atomic mass is 35.5. The first-order chi connectivity index (χ1) is 8.19. The Balaban J connectivity index is 2.38. The summed E-state index contributed by atoms with van der Waals surface area (Å²) in [5.74, 6) is 1.01. The summed E-state index contributed by atoms with van der Waals surface area (Å²) in [4.78, 5) is 6.23. The van der Waals surface area contributed by atoms with Gasteiger partial charge in [0.15, 0.2) is 0 Å². The van der Waals surface area contributed by atoms with Gasteiger partial charge in [0, 0.05) is 12.7 Å². The number of aromatic nitrogens is 1. The monoisotopic (exact) mass is 251 g/mol. The van der Waals surface area contributed by atoms with E-state index in [2.05, 4.69) is 11.9 Å². The van der Waals surface area contributed by atoms with Crippen LogP contribution < -0.4 is 4.90 Å². The second-order valence-corrected chi connectivity index (χ2v) is 4.70. The van der Waals surface area contributed by atoms with E-state index in [9.17, 15) is 5.11 Å². The van der Waals surface area contributed by atoms with Crippen LogP contribution in [0.4, 0.5) is 5.82 Å². The van der Waals surface area contributed by atoms with Crippen molar-refractivity contribution in [3.05, 3.63) is 22.8 Å². The summed E-state index contributed by atoms with van der Waals surface area (Å²) in [5.41, 5.74) is 0.424. The van der Waals surface area contributed by atoms with Crippen molar-refractivity contribution < 1.29 is 5.11 Å². The first-order valence-corrected chi connectivity index (χ1v) is 5.99. The van der Waals surface area contributed by atoms with E-state index >= 15 is 0 Å². The second kappa shape index (κ2) is 4.91. The fraction of sp³-hybridized carbons (Fsp3) is 0.500. The Bertz CT molecular complexity index is 458. The summed E-state index contributed by atoms with van der Waals surface area (Å²) in [6.45, 7) is 2.99. The van der Waals surface area contributed by atoms with Gasteiger partial charge in [-0.15, -0.1) is 0 Å². The Hall–Kier alpha value is -1.31. The SMILES string of the molecule is CC1CCN(c2nccc(C#N)c2Cl)C1CO. The van der Waals surface area contributed by atoms with Crippen molar-refractivity contribution in [3.8, 4) is 6.07 Å². The third-order valence-electron chi connectivity index (χ3n) is 3.33. The van der Waals surface area contributed by atoms with Gasteiger partial charge in [0.25, 0.3) is 0 Å². The van der Waals surface area contributed by atoms with Crippen molar-refractivity contribution in [2.24, 2.45) is 5.92 Å². The van der Waals surface area contributed by atoms with Crippen LogP contribution in [0.3, 0.4) is 0 Å². The summed E-state index contributed by atoms with van der Waals surface area (Å²) < 4.78 is 0. The molecule has 2 rings (SSSR count). The second-order valence-electron chi connectivity index (χ2n) is 4.32. The molecular formula is C12H14ClN3O. The van der Waals surface area contributed by atoms with Crippen LogP contribution in [-0.2, 0) is 0 Å². The van der Waals surface area contributed by atoms with Gasteiger partial charge in [0.2, 0.25) is 0 Å². The van der Waals surface area contributed by atoms with Crippen molar-refractivity contribution in [2.45, 2.75) is 19.4 Å². The zero-order chi connectivity index (χ0) is 12.4. The number of pyridine rings is 1. The fourth-order valence-corrected chi connectivity index (χ4v) is 2.53. The molecule has 17 heavy (non-hydrogen) atoms. The van der Waals surface area contributed by atoms with Crippen LogP contribution in [0.1, 0.15) is 18.9 Å². The largest absolute Gasteiger partial charge is 0.394 e. The van der Waals surface area contributed by atoms with Gasteiger partial charge in [0.1, 0.15) is 16.9 Å². The number of nitriles is 1. The molecule has 5 heteroatoms. The molecule has 2 heterocycles. The molecule has 0 radical (unpaired) electrons. The molecule has 1 aliphatic rings. The summed E-state index contributed by atoms with van der Waals surface area (Å²) >= 11 is 6.15. The van der Waals surface area contributed by atoms with Crippen molar-refractivity contribution in [2.75, 3.05) is 18.1 Å². The number of aliphatic hydroxyl groups is 1. The van der Waals surface area contributed by atoms with Crippen LogP contribution in [0.15, 0.2) is 12.3 Å². The highest BCUT2D eigenvalue weighted by Gasteiger charge is 2.32. The molecule has 2 unspecified atom stereocenters. The molecular weight excluding hydrogens is 238 g/mol. The lowest BCUT2D eigenvalue weighted by molar-refractivity contribution is 0.244. The van der Waals surface area contributed by atoms with Crippen LogP contribution in [0, 0.1) is 17.2 Å². The van der Waals surface area contributed by atoms with E-state index in [-0.39, 0.29) is 12.6 Å². The Kier molecular flexibility index (Phi) is 3.51. The normalized spacial score (nSPS) is 23.8. The summed E-state index contributed by atoms with van der Waals surface area (Å²) in [5, 5.41) is 18.7. The molecule has 2 atom stereocenters. The summed E-state index contributed by atoms with van der Waals surface area (Å²) in [6, 6.07) is 3.67. The van der Waals surface area contributed by atoms with Crippen molar-refractivity contribution in [3.63, 3.8) is 0 Å². The lowest BCUT2D eigenvalue weighted by atomic mass is 10.0. The highest BCUT2D eigenvalue weighted by molar-refractivity contribution is 6.34. The van der Waals surface area contributed by atoms with E-state index < -0.39 is 0 Å². The van der Waals surface area contributed by atoms with Crippen molar-refractivity contribution >= 4 is 17.4 Å². The Labute approximate surface area is 105 Å². The average Bonchev–Trinajstić information content (AvgIpc) is 2.70. The maximum atomic E-state index is 9.41. The molecule has 0 spiro atoms. The van der Waals surface area contributed by atoms with Gasteiger partial charge in [-0.25, -0.2) is 4.98 Å². The van der Waals surface area contributed by atoms with Gasteiger partial charge in [0.05, 0.1) is 18.2 Å². The summed E-state index contributed by atoms with van der Waals surface area (Å²) in [6.07, 6.45) is 2.58. The number of hydrogen-bond donors (Lipinski definition) is 1. The van der Waals surface area contributed by atoms with E-state index in [4.69, 9.17) is 16.9 Å². The van der Waals surface area contributed by atoms with Gasteiger partial charge in [-0.05, 0) is 18.4 Å². The third-order valence-corrected chi connectivity index (χ3v) is 3.71. The third kappa shape index (κ3) is 2.08. The molecule has 1 aromatic heterocycles. The average molecular weight is 252 g/mol. The minimum atomic E-state index is 0.0361. The maximum Gasteiger partial charge on any atom is 0.149 e. The molecule has 1 aromatic rings. The molecule has 0 saturated carbocycles. The maximum absolute atomic E-state index is 9.41. The van der Waals surface area contributed by atoms with Crippen molar-refractivity contribution in [1.29, 1.82) is 5.26 Å². The van der Waals surface area contributed by atoms with Crippen molar-refractivity contribution in [1.82, 2.24) is 4.98 Å². The van der Waals surface area contributed by atoms with Gasteiger partial charge in [-0.3, -0.25) is 0 Å². The van der Waals surface area contributed by atoms with Crippen LogP contribution in [0.25, 0.3) is 0 Å². The molecule has 0 amide bonds. The molecule has 90 valence electrons. The van der Waals surface area contributed by atoms with E-state index in [1.807, 2.05) is 11.0 Å². The smallest absolute Gasteiger partial charge is 0.149 e. The number of rotatable bonds is 2. The van der Waals surface area contributed by atoms with Crippen LogP contribution in [0.5, 0.6) is 0 Å². The Morgan fingerprint density at radius 2 is 2.47 bits per heavy atom. The molecule has 1 fully saturated rings. The fourth-order valence-electron chi connectivity index (χ4n) is 2.27. The van der Waals surface area contributed by atoms with E-state index in [1.54, 1.807) is 12.3 Å². The van der Waals surface area contributed by atoms with Gasteiger partial charge < -0.3 is 10.0 Å². The first kappa shape index (κ1) is 12.2. The molecule has 4 nitrogen and oxygen atoms in total. The quantitative estimate of drug-likeness (QED) is 0.871.